The van der Waals surface area contributed by atoms with E-state index < -0.39 is 0 Å². The summed E-state index contributed by atoms with van der Waals surface area (Å²) in [5, 5.41) is 0. The van der Waals surface area contributed by atoms with Crippen molar-refractivity contribution >= 4 is 17.8 Å². The maximum atomic E-state index is 14.0. The Bertz CT molecular complexity index is 1020. The summed E-state index contributed by atoms with van der Waals surface area (Å²) in [4.78, 5) is 43.7. The molecule has 0 fully saturated rings. The van der Waals surface area contributed by atoms with Crippen LogP contribution in [0.1, 0.15) is 298 Å². The van der Waals surface area contributed by atoms with Gasteiger partial charge < -0.3 is 19.3 Å². The van der Waals surface area contributed by atoms with Crippen LogP contribution in [-0.4, -0.2) is 74.1 Å². The predicted molar refractivity (Wildman–Crippen MR) is 281 cm³/mol. The Labute approximate surface area is 406 Å². The van der Waals surface area contributed by atoms with Gasteiger partial charge in [-0.25, -0.2) is 0 Å². The lowest BCUT2D eigenvalue weighted by Crippen LogP contribution is -2.41. The Kier molecular flexibility index (Phi) is 47.6. The molecular formula is C58H114N2O5. The molecule has 0 N–H and O–H groups in total. The molecule has 1 atom stereocenters. The van der Waals surface area contributed by atoms with Gasteiger partial charge in [0, 0.05) is 31.8 Å². The molecule has 7 heteroatoms. The van der Waals surface area contributed by atoms with E-state index in [0.717, 1.165) is 103 Å². The molecule has 0 aromatic heterocycles. The largest absolute Gasteiger partial charge is 0.466 e. The molecule has 0 aliphatic heterocycles. The summed E-state index contributed by atoms with van der Waals surface area (Å²) in [6.07, 6.45) is 46.9. The second kappa shape index (κ2) is 48.8. The van der Waals surface area contributed by atoms with E-state index in [1.165, 1.54) is 154 Å². The summed E-state index contributed by atoms with van der Waals surface area (Å²) in [5.41, 5.74) is 0. The Morgan fingerprint density at radius 3 is 1.09 bits per heavy atom. The van der Waals surface area contributed by atoms with Crippen LogP contribution in [0.3, 0.4) is 0 Å². The predicted octanol–water partition coefficient (Wildman–Crippen LogP) is 17.2. The van der Waals surface area contributed by atoms with Gasteiger partial charge >= 0.3 is 11.9 Å². The number of ether oxygens (including phenoxy) is 2. The van der Waals surface area contributed by atoms with E-state index in [1.54, 1.807) is 0 Å². The maximum Gasteiger partial charge on any atom is 0.305 e. The fourth-order valence-electron chi connectivity index (χ4n) is 9.68. The van der Waals surface area contributed by atoms with Crippen molar-refractivity contribution in [3.05, 3.63) is 0 Å². The number of rotatable bonds is 51. The van der Waals surface area contributed by atoms with Crippen LogP contribution in [0.25, 0.3) is 0 Å². The lowest BCUT2D eigenvalue weighted by atomic mass is 9.92. The minimum Gasteiger partial charge on any atom is -0.466 e. The number of hydrogen-bond donors (Lipinski definition) is 0. The van der Waals surface area contributed by atoms with Crippen molar-refractivity contribution in [1.29, 1.82) is 0 Å². The molecule has 386 valence electrons. The first-order valence-electron chi connectivity index (χ1n) is 29.0. The molecule has 0 saturated heterocycles. The summed E-state index contributed by atoms with van der Waals surface area (Å²) < 4.78 is 11.5. The highest BCUT2D eigenvalue weighted by atomic mass is 16.5. The molecule has 1 unspecified atom stereocenters. The molecule has 65 heavy (non-hydrogen) atoms. The molecule has 0 aliphatic carbocycles. The first-order valence-corrected chi connectivity index (χ1v) is 29.0. The molecule has 0 bridgehead atoms. The Hall–Kier alpha value is -1.63. The highest BCUT2D eigenvalue weighted by Gasteiger charge is 2.23. The van der Waals surface area contributed by atoms with Crippen LogP contribution in [0.4, 0.5) is 0 Å². The van der Waals surface area contributed by atoms with Gasteiger partial charge in [-0.3, -0.25) is 14.4 Å². The number of nitrogens with zero attached hydrogens (tertiary/aromatic N) is 2. The van der Waals surface area contributed by atoms with Crippen molar-refractivity contribution in [3.63, 3.8) is 0 Å². The van der Waals surface area contributed by atoms with Crippen LogP contribution in [0, 0.1) is 11.8 Å². The third-order valence-corrected chi connectivity index (χ3v) is 14.0. The first-order chi connectivity index (χ1) is 31.7. The van der Waals surface area contributed by atoms with E-state index in [1.807, 2.05) is 0 Å². The van der Waals surface area contributed by atoms with Crippen LogP contribution in [0.15, 0.2) is 0 Å². The molecule has 1 amide bonds. The van der Waals surface area contributed by atoms with Gasteiger partial charge in [0.15, 0.2) is 0 Å². The summed E-state index contributed by atoms with van der Waals surface area (Å²) in [6, 6.07) is 0.294. The van der Waals surface area contributed by atoms with Gasteiger partial charge in [0.1, 0.15) is 0 Å². The monoisotopic (exact) mass is 919 g/mol. The molecule has 0 aromatic carbocycles. The average Bonchev–Trinajstić information content (AvgIpc) is 3.28. The van der Waals surface area contributed by atoms with Crippen LogP contribution in [0.5, 0.6) is 0 Å². The van der Waals surface area contributed by atoms with Crippen LogP contribution in [-0.2, 0) is 23.9 Å². The first kappa shape index (κ1) is 63.4. The molecule has 0 rings (SSSR count). The van der Waals surface area contributed by atoms with E-state index in [9.17, 15) is 14.4 Å². The minimum atomic E-state index is -0.0289. The topological polar surface area (TPSA) is 76.1 Å². The normalized spacial score (nSPS) is 12.2. The molecule has 0 radical (unpaired) electrons. The van der Waals surface area contributed by atoms with Gasteiger partial charge in [-0.15, -0.1) is 0 Å². The average molecular weight is 920 g/mol. The smallest absolute Gasteiger partial charge is 0.305 e. The Morgan fingerprint density at radius 1 is 0.354 bits per heavy atom. The van der Waals surface area contributed by atoms with Gasteiger partial charge in [-0.05, 0) is 83.8 Å². The SMILES string of the molecule is CCCCCCCCCCC(CCCCCCC(=O)OCCC(CCCCC)CCCCC)N(CCCCCCCC(=O)OCCC(CCCCC)CCCCC)C(=O)CCCN(C)C. The molecule has 7 nitrogen and oxygen atoms in total. The standard InChI is InChI=1S/C58H114N2O5/c1-8-13-18-19-20-21-23-32-42-55(43-33-25-26-35-46-58(63)65-52-48-54(40-30-16-11-4)41-31-17-12-5)60(56(61)44-37-49-59(6)7)50-36-27-22-24-34-45-57(62)64-51-47-53(38-28-14-9-2)39-29-15-10-3/h53-55H,8-52H2,1-7H3. The van der Waals surface area contributed by atoms with Gasteiger partial charge in [-0.1, -0.05) is 227 Å². The highest BCUT2D eigenvalue weighted by Crippen LogP contribution is 2.24. The summed E-state index contributed by atoms with van der Waals surface area (Å²) >= 11 is 0. The highest BCUT2D eigenvalue weighted by molar-refractivity contribution is 5.76. The zero-order valence-corrected chi connectivity index (χ0v) is 45.0. The Balaban J connectivity index is 5.09. The number of hydrogen-bond acceptors (Lipinski definition) is 6. The lowest BCUT2D eigenvalue weighted by Gasteiger charge is -2.33. The minimum absolute atomic E-state index is 0.0254. The molecule has 0 saturated carbocycles. The third kappa shape index (κ3) is 42.2. The van der Waals surface area contributed by atoms with E-state index in [2.05, 4.69) is 58.5 Å². The molecule has 0 aromatic rings. The number of esters is 2. The second-order valence-electron chi connectivity index (χ2n) is 20.6. The molecule has 0 heterocycles. The summed E-state index contributed by atoms with van der Waals surface area (Å²) in [7, 11) is 4.18. The van der Waals surface area contributed by atoms with Crippen molar-refractivity contribution in [3.8, 4) is 0 Å². The fourth-order valence-corrected chi connectivity index (χ4v) is 9.68. The zero-order valence-electron chi connectivity index (χ0n) is 45.0. The maximum absolute atomic E-state index is 14.0. The summed E-state index contributed by atoms with van der Waals surface area (Å²) in [5.74, 6) is 1.66. The van der Waals surface area contributed by atoms with Gasteiger partial charge in [-0.2, -0.15) is 0 Å². The lowest BCUT2D eigenvalue weighted by molar-refractivity contribution is -0.145. The van der Waals surface area contributed by atoms with Crippen LogP contribution >= 0.6 is 0 Å². The fraction of sp³-hybridized carbons (Fsp3) is 0.948. The number of amides is 1. The van der Waals surface area contributed by atoms with Crippen molar-refractivity contribution < 1.29 is 23.9 Å². The molecule has 0 aliphatic rings. The van der Waals surface area contributed by atoms with E-state index in [4.69, 9.17) is 9.47 Å². The third-order valence-electron chi connectivity index (χ3n) is 14.0. The van der Waals surface area contributed by atoms with E-state index >= 15 is 0 Å². The van der Waals surface area contributed by atoms with Gasteiger partial charge in [0.25, 0.3) is 0 Å². The number of carbonyl (C=O) groups excluding carboxylic acids is 3. The van der Waals surface area contributed by atoms with Crippen molar-refractivity contribution in [1.82, 2.24) is 9.80 Å². The number of carbonyl (C=O) groups is 3. The van der Waals surface area contributed by atoms with Crippen molar-refractivity contribution in [2.75, 3.05) is 40.4 Å². The molecular weight excluding hydrogens is 805 g/mol. The van der Waals surface area contributed by atoms with Crippen molar-refractivity contribution in [2.45, 2.75) is 304 Å². The summed E-state index contributed by atoms with van der Waals surface area (Å²) in [6.45, 7) is 14.3. The van der Waals surface area contributed by atoms with Crippen LogP contribution in [0.2, 0.25) is 0 Å². The van der Waals surface area contributed by atoms with Gasteiger partial charge in [0.05, 0.1) is 13.2 Å². The second-order valence-corrected chi connectivity index (χ2v) is 20.6. The number of unbranched alkanes of at least 4 members (excludes halogenated alkanes) is 22. The van der Waals surface area contributed by atoms with Crippen molar-refractivity contribution in [2.24, 2.45) is 11.8 Å². The van der Waals surface area contributed by atoms with E-state index in [-0.39, 0.29) is 11.9 Å². The Morgan fingerprint density at radius 2 is 0.692 bits per heavy atom. The van der Waals surface area contributed by atoms with E-state index in [0.29, 0.717) is 56.3 Å². The van der Waals surface area contributed by atoms with Crippen LogP contribution < -0.4 is 0 Å². The quantitative estimate of drug-likeness (QED) is 0.0447. The molecule has 0 spiro atoms. The zero-order chi connectivity index (χ0) is 47.9. The van der Waals surface area contributed by atoms with Gasteiger partial charge in [0.2, 0.25) is 5.91 Å².